The molecule has 2 heterocycles. The molecule has 136 valence electrons. The molecule has 5 nitrogen and oxygen atoms in total. The Balaban J connectivity index is 1.79. The number of nitrogens with one attached hydrogen (secondary N) is 1. The van der Waals surface area contributed by atoms with Crippen LogP contribution in [0.3, 0.4) is 0 Å². The third-order valence-electron chi connectivity index (χ3n) is 3.63. The fourth-order valence-corrected chi connectivity index (χ4v) is 3.02. The molecule has 0 atom stereocenters. The molecule has 8 heteroatoms. The number of hydrogen-bond acceptors (Lipinski definition) is 4. The fraction of sp³-hybridized carbons (Fsp3) is 0.222. The number of benzene rings is 1. The summed E-state index contributed by atoms with van der Waals surface area (Å²) in [4.78, 5) is 16.0. The van der Waals surface area contributed by atoms with Crippen molar-refractivity contribution in [3.8, 4) is 5.88 Å². The largest absolute Gasteiger partial charge is 0.420 e. The maximum Gasteiger partial charge on any atom is 0.420 e. The normalized spacial score (nSPS) is 10.7. The second kappa shape index (κ2) is 8.09. The Morgan fingerprint density at radius 3 is 2.81 bits per heavy atom. The maximum atomic E-state index is 13.4. The third-order valence-corrected chi connectivity index (χ3v) is 4.32. The van der Waals surface area contributed by atoms with E-state index in [9.17, 15) is 13.6 Å². The molecule has 0 aliphatic rings. The SMILES string of the molecule is CCCc1cc(OC(=O)Nc2nccs2)n(Cc2ccc(F)c(F)c2)c1. The summed E-state index contributed by atoms with van der Waals surface area (Å²) in [5, 5.41) is 4.71. The van der Waals surface area contributed by atoms with E-state index in [0.29, 0.717) is 16.6 Å². The molecule has 0 unspecified atom stereocenters. The van der Waals surface area contributed by atoms with Gasteiger partial charge >= 0.3 is 6.09 Å². The maximum absolute atomic E-state index is 13.4. The van der Waals surface area contributed by atoms with Crippen molar-refractivity contribution in [2.75, 3.05) is 5.32 Å². The molecule has 1 amide bonds. The number of hydrogen-bond donors (Lipinski definition) is 1. The van der Waals surface area contributed by atoms with Crippen molar-refractivity contribution >= 4 is 22.6 Å². The van der Waals surface area contributed by atoms with Gasteiger partial charge in [-0.1, -0.05) is 19.4 Å². The van der Waals surface area contributed by atoms with Gasteiger partial charge in [0.25, 0.3) is 0 Å². The molecular formula is C18H17F2N3O2S. The minimum atomic E-state index is -0.910. The van der Waals surface area contributed by atoms with Gasteiger partial charge in [-0.05, 0) is 29.7 Å². The topological polar surface area (TPSA) is 56.1 Å². The lowest BCUT2D eigenvalue weighted by Gasteiger charge is -2.10. The Labute approximate surface area is 153 Å². The van der Waals surface area contributed by atoms with Gasteiger partial charge in [0.1, 0.15) is 0 Å². The highest BCUT2D eigenvalue weighted by molar-refractivity contribution is 7.13. The smallest absolute Gasteiger partial charge is 0.393 e. The van der Waals surface area contributed by atoms with Gasteiger partial charge in [-0.15, -0.1) is 11.3 Å². The van der Waals surface area contributed by atoms with E-state index in [4.69, 9.17) is 4.74 Å². The van der Waals surface area contributed by atoms with Gasteiger partial charge in [0.2, 0.25) is 5.88 Å². The monoisotopic (exact) mass is 377 g/mol. The standard InChI is InChI=1S/C18H17F2N3O2S/c1-2-3-12-9-16(25-18(24)22-17-21-6-7-26-17)23(10-12)11-13-4-5-14(19)15(20)8-13/h4-10H,2-3,11H2,1H3,(H,21,22,24). The van der Waals surface area contributed by atoms with E-state index in [1.807, 2.05) is 13.1 Å². The van der Waals surface area contributed by atoms with Crippen LogP contribution < -0.4 is 10.1 Å². The van der Waals surface area contributed by atoms with Crippen LogP contribution in [0, 0.1) is 11.6 Å². The van der Waals surface area contributed by atoms with Gasteiger partial charge in [-0.2, -0.15) is 0 Å². The molecule has 1 N–H and O–H groups in total. The van der Waals surface area contributed by atoms with E-state index in [2.05, 4.69) is 10.3 Å². The van der Waals surface area contributed by atoms with E-state index >= 15 is 0 Å². The summed E-state index contributed by atoms with van der Waals surface area (Å²) in [7, 11) is 0. The van der Waals surface area contributed by atoms with Crippen LogP contribution >= 0.6 is 11.3 Å². The zero-order chi connectivity index (χ0) is 18.5. The Morgan fingerprint density at radius 1 is 1.27 bits per heavy atom. The van der Waals surface area contributed by atoms with Crippen LogP contribution in [0.1, 0.15) is 24.5 Å². The second-order valence-corrected chi connectivity index (χ2v) is 6.56. The van der Waals surface area contributed by atoms with Crippen LogP contribution in [-0.2, 0) is 13.0 Å². The van der Waals surface area contributed by atoms with Gasteiger partial charge in [-0.3, -0.25) is 5.32 Å². The third kappa shape index (κ3) is 4.45. The van der Waals surface area contributed by atoms with Crippen LogP contribution in [0.5, 0.6) is 5.88 Å². The van der Waals surface area contributed by atoms with Crippen LogP contribution in [-0.4, -0.2) is 15.6 Å². The van der Waals surface area contributed by atoms with Crippen LogP contribution in [0.2, 0.25) is 0 Å². The molecule has 0 radical (unpaired) electrons. The fourth-order valence-electron chi connectivity index (χ4n) is 2.51. The summed E-state index contributed by atoms with van der Waals surface area (Å²) in [5.74, 6) is -1.48. The first-order valence-corrected chi connectivity index (χ1v) is 8.94. The van der Waals surface area contributed by atoms with E-state index in [-0.39, 0.29) is 6.54 Å². The molecule has 26 heavy (non-hydrogen) atoms. The number of ether oxygens (including phenoxy) is 1. The first kappa shape index (κ1) is 18.1. The van der Waals surface area contributed by atoms with Crippen molar-refractivity contribution in [3.63, 3.8) is 0 Å². The Morgan fingerprint density at radius 2 is 2.12 bits per heavy atom. The Hall–Kier alpha value is -2.74. The summed E-state index contributed by atoms with van der Waals surface area (Å²) in [6, 6.07) is 5.48. The minimum Gasteiger partial charge on any atom is -0.393 e. The summed E-state index contributed by atoms with van der Waals surface area (Å²) < 4.78 is 33.6. The highest BCUT2D eigenvalue weighted by Gasteiger charge is 2.14. The summed E-state index contributed by atoms with van der Waals surface area (Å²) in [5.41, 5.74) is 1.56. The lowest BCUT2D eigenvalue weighted by molar-refractivity contribution is 0.211. The highest BCUT2D eigenvalue weighted by Crippen LogP contribution is 2.22. The molecule has 0 aliphatic heterocycles. The van der Waals surface area contributed by atoms with Gasteiger partial charge in [-0.25, -0.2) is 18.6 Å². The zero-order valence-electron chi connectivity index (χ0n) is 14.0. The Kier molecular flexibility index (Phi) is 5.62. The van der Waals surface area contributed by atoms with Gasteiger partial charge < -0.3 is 9.30 Å². The number of thiazole rings is 1. The van der Waals surface area contributed by atoms with Crippen LogP contribution in [0.15, 0.2) is 42.0 Å². The molecular weight excluding hydrogens is 360 g/mol. The minimum absolute atomic E-state index is 0.251. The van der Waals surface area contributed by atoms with Crippen molar-refractivity contribution in [1.82, 2.24) is 9.55 Å². The number of aromatic nitrogens is 2. The van der Waals surface area contributed by atoms with Crippen molar-refractivity contribution in [3.05, 3.63) is 64.8 Å². The zero-order valence-corrected chi connectivity index (χ0v) is 14.9. The number of halogens is 2. The number of rotatable bonds is 6. The molecule has 1 aromatic carbocycles. The van der Waals surface area contributed by atoms with E-state index < -0.39 is 17.7 Å². The van der Waals surface area contributed by atoms with Crippen molar-refractivity contribution in [2.45, 2.75) is 26.3 Å². The first-order valence-electron chi connectivity index (χ1n) is 8.06. The van der Waals surface area contributed by atoms with Crippen LogP contribution in [0.25, 0.3) is 0 Å². The molecule has 0 saturated heterocycles. The van der Waals surface area contributed by atoms with Crippen molar-refractivity contribution in [1.29, 1.82) is 0 Å². The molecule has 3 rings (SSSR count). The molecule has 0 spiro atoms. The molecule has 0 saturated carbocycles. The van der Waals surface area contributed by atoms with E-state index in [0.717, 1.165) is 30.5 Å². The quantitative estimate of drug-likeness (QED) is 0.669. The predicted molar refractivity (Wildman–Crippen MR) is 95.6 cm³/mol. The van der Waals surface area contributed by atoms with Gasteiger partial charge in [0, 0.05) is 23.8 Å². The molecule has 3 aromatic rings. The van der Waals surface area contributed by atoms with Crippen molar-refractivity contribution in [2.24, 2.45) is 0 Å². The Bertz CT molecular complexity index is 894. The predicted octanol–water partition coefficient (Wildman–Crippen LogP) is 4.83. The molecule has 0 bridgehead atoms. The number of nitrogens with zero attached hydrogens (tertiary/aromatic N) is 2. The first-order chi connectivity index (χ1) is 12.5. The number of amides is 1. The highest BCUT2D eigenvalue weighted by atomic mass is 32.1. The lowest BCUT2D eigenvalue weighted by Crippen LogP contribution is -2.18. The molecule has 2 aromatic heterocycles. The molecule has 0 fully saturated rings. The number of carbonyl (C=O) groups is 1. The average molecular weight is 377 g/mol. The van der Waals surface area contributed by atoms with E-state index in [1.54, 1.807) is 22.2 Å². The van der Waals surface area contributed by atoms with Gasteiger partial charge in [0.05, 0.1) is 6.54 Å². The van der Waals surface area contributed by atoms with Gasteiger partial charge in [0.15, 0.2) is 16.8 Å². The average Bonchev–Trinajstić information content (AvgIpc) is 3.22. The summed E-state index contributed by atoms with van der Waals surface area (Å²) >= 11 is 1.28. The van der Waals surface area contributed by atoms with Crippen LogP contribution in [0.4, 0.5) is 18.7 Å². The second-order valence-electron chi connectivity index (χ2n) is 5.66. The molecule has 0 aliphatic carbocycles. The lowest BCUT2D eigenvalue weighted by atomic mass is 10.2. The van der Waals surface area contributed by atoms with E-state index in [1.165, 1.54) is 17.4 Å². The summed E-state index contributed by atoms with van der Waals surface area (Å²) in [6.07, 6.45) is 4.50. The van der Waals surface area contributed by atoms with Crippen molar-refractivity contribution < 1.29 is 18.3 Å². The number of aryl methyl sites for hydroxylation is 1. The summed E-state index contributed by atoms with van der Waals surface area (Å²) in [6.45, 7) is 2.29. The number of anilines is 1. The number of carbonyl (C=O) groups excluding carboxylic acids is 1.